The standard InChI is InChI=1S/C25H39NO6/c1-15(26-32-11-10-31-5)16-7-9-25(30)18-12-21(29)24(4)14-20(28)19(27)13-23(24,3)17(18)6-8-22(16,25)2/h12,16-17,19-20,27-28,30H,6-11,13-14H2,1-5H3/b26-15-/t16?,17?,19?,20?,22?,23?,24?,25-/m1/s1. The quantitative estimate of drug-likeness (QED) is 0.338. The minimum absolute atomic E-state index is 0.000581. The highest BCUT2D eigenvalue weighted by Crippen LogP contribution is 2.69. The average Bonchev–Trinajstić information content (AvgIpc) is 3.01. The molecule has 0 heterocycles. The van der Waals surface area contributed by atoms with Crippen molar-refractivity contribution in [2.24, 2.45) is 33.2 Å². The maximum absolute atomic E-state index is 13.5. The number of rotatable bonds is 5. The van der Waals surface area contributed by atoms with Crippen molar-refractivity contribution in [2.75, 3.05) is 20.3 Å². The summed E-state index contributed by atoms with van der Waals surface area (Å²) >= 11 is 0. The van der Waals surface area contributed by atoms with Gasteiger partial charge >= 0.3 is 0 Å². The maximum Gasteiger partial charge on any atom is 0.162 e. The van der Waals surface area contributed by atoms with Crippen molar-refractivity contribution in [2.45, 2.75) is 84.0 Å². The molecule has 7 heteroatoms. The van der Waals surface area contributed by atoms with Crippen molar-refractivity contribution < 1.29 is 29.7 Å². The molecule has 3 saturated carbocycles. The number of carbonyl (C=O) groups is 1. The van der Waals surface area contributed by atoms with Crippen LogP contribution in [0.1, 0.15) is 66.2 Å². The number of ketones is 1. The third-order valence-corrected chi connectivity index (χ3v) is 9.96. The zero-order valence-electron chi connectivity index (χ0n) is 20.1. The Morgan fingerprint density at radius 3 is 2.47 bits per heavy atom. The third-order valence-electron chi connectivity index (χ3n) is 9.96. The fourth-order valence-electron chi connectivity index (χ4n) is 7.66. The number of hydrogen-bond acceptors (Lipinski definition) is 7. The number of fused-ring (bicyclic) bond motifs is 5. The van der Waals surface area contributed by atoms with Crippen LogP contribution in [0.3, 0.4) is 0 Å². The maximum atomic E-state index is 13.5. The molecule has 7 nitrogen and oxygen atoms in total. The first-order chi connectivity index (χ1) is 14.9. The number of ether oxygens (including phenoxy) is 1. The van der Waals surface area contributed by atoms with Crippen molar-refractivity contribution in [1.29, 1.82) is 0 Å². The van der Waals surface area contributed by atoms with E-state index in [2.05, 4.69) is 19.0 Å². The van der Waals surface area contributed by atoms with Crippen molar-refractivity contribution in [1.82, 2.24) is 0 Å². The minimum atomic E-state index is -1.09. The van der Waals surface area contributed by atoms with E-state index in [1.807, 2.05) is 13.8 Å². The molecule has 0 bridgehead atoms. The fourth-order valence-corrected chi connectivity index (χ4v) is 7.66. The van der Waals surface area contributed by atoms with E-state index >= 15 is 0 Å². The number of allylic oxidation sites excluding steroid dienone is 1. The molecule has 4 aliphatic carbocycles. The highest BCUT2D eigenvalue weighted by molar-refractivity contribution is 5.98. The van der Waals surface area contributed by atoms with Crippen LogP contribution < -0.4 is 0 Å². The van der Waals surface area contributed by atoms with Gasteiger partial charge in [0.1, 0.15) is 6.61 Å². The van der Waals surface area contributed by atoms with Gasteiger partial charge in [-0.3, -0.25) is 4.79 Å². The van der Waals surface area contributed by atoms with Gasteiger partial charge in [0.05, 0.1) is 30.1 Å². The van der Waals surface area contributed by atoms with Crippen molar-refractivity contribution in [3.8, 4) is 0 Å². The van der Waals surface area contributed by atoms with Crippen LogP contribution in [0.4, 0.5) is 0 Å². The Balaban J connectivity index is 1.69. The molecule has 180 valence electrons. The molecular formula is C25H39NO6. The summed E-state index contributed by atoms with van der Waals surface area (Å²) in [7, 11) is 1.62. The third kappa shape index (κ3) is 3.07. The van der Waals surface area contributed by atoms with Crippen molar-refractivity contribution >= 4 is 11.5 Å². The summed E-state index contributed by atoms with van der Waals surface area (Å²) in [4.78, 5) is 18.9. The molecule has 0 amide bonds. The number of nitrogens with zero attached hydrogens (tertiary/aromatic N) is 1. The van der Waals surface area contributed by atoms with Gasteiger partial charge in [-0.15, -0.1) is 0 Å². The highest BCUT2D eigenvalue weighted by atomic mass is 16.6. The molecule has 0 aliphatic heterocycles. The Hall–Kier alpha value is -1.28. The molecular weight excluding hydrogens is 410 g/mol. The normalized spacial score (nSPS) is 48.6. The molecule has 8 atom stereocenters. The van der Waals surface area contributed by atoms with E-state index in [1.54, 1.807) is 13.2 Å². The summed E-state index contributed by atoms with van der Waals surface area (Å²) < 4.78 is 5.01. The van der Waals surface area contributed by atoms with Crippen LogP contribution in [0.5, 0.6) is 0 Å². The molecule has 0 aromatic carbocycles. The minimum Gasteiger partial charge on any atom is -0.393 e. The summed E-state index contributed by atoms with van der Waals surface area (Å²) in [6, 6.07) is 0. The fraction of sp³-hybridized carbons (Fsp3) is 0.840. The largest absolute Gasteiger partial charge is 0.393 e. The number of carbonyl (C=O) groups excluding carboxylic acids is 1. The lowest BCUT2D eigenvalue weighted by Gasteiger charge is -2.63. The zero-order valence-corrected chi connectivity index (χ0v) is 20.1. The topological polar surface area (TPSA) is 109 Å². The first-order valence-electron chi connectivity index (χ1n) is 11.9. The van der Waals surface area contributed by atoms with Gasteiger partial charge in [-0.2, -0.15) is 0 Å². The Labute approximate surface area is 190 Å². The van der Waals surface area contributed by atoms with Gasteiger partial charge in [-0.05, 0) is 68.4 Å². The van der Waals surface area contributed by atoms with Crippen LogP contribution in [0.15, 0.2) is 16.8 Å². The van der Waals surface area contributed by atoms with Crippen molar-refractivity contribution in [3.63, 3.8) is 0 Å². The van der Waals surface area contributed by atoms with Gasteiger partial charge < -0.3 is 24.9 Å². The number of aliphatic hydroxyl groups is 3. The molecule has 0 radical (unpaired) electrons. The molecule has 32 heavy (non-hydrogen) atoms. The Morgan fingerprint density at radius 1 is 1.09 bits per heavy atom. The predicted octanol–water partition coefficient (Wildman–Crippen LogP) is 2.62. The highest BCUT2D eigenvalue weighted by Gasteiger charge is 2.69. The lowest BCUT2D eigenvalue weighted by molar-refractivity contribution is -0.174. The van der Waals surface area contributed by atoms with Crippen LogP contribution in [0.2, 0.25) is 0 Å². The number of hydrogen-bond donors (Lipinski definition) is 3. The zero-order chi connectivity index (χ0) is 23.5. The van der Waals surface area contributed by atoms with Crippen LogP contribution in [0, 0.1) is 28.1 Å². The summed E-state index contributed by atoms with van der Waals surface area (Å²) in [6.07, 6.45) is 3.57. The van der Waals surface area contributed by atoms with Crippen LogP contribution in [0.25, 0.3) is 0 Å². The van der Waals surface area contributed by atoms with E-state index < -0.39 is 34.1 Å². The Morgan fingerprint density at radius 2 is 1.78 bits per heavy atom. The summed E-state index contributed by atoms with van der Waals surface area (Å²) in [6.45, 7) is 8.94. The van der Waals surface area contributed by atoms with Gasteiger partial charge in [-0.25, -0.2) is 0 Å². The van der Waals surface area contributed by atoms with Gasteiger partial charge in [0.2, 0.25) is 0 Å². The Kier molecular flexibility index (Phi) is 5.89. The van der Waals surface area contributed by atoms with E-state index in [-0.39, 0.29) is 24.0 Å². The monoisotopic (exact) mass is 449 g/mol. The second-order valence-corrected chi connectivity index (χ2v) is 11.3. The number of oxime groups is 1. The summed E-state index contributed by atoms with van der Waals surface area (Å²) in [5.74, 6) is 0.0258. The first kappa shape index (κ1) is 23.9. The average molecular weight is 450 g/mol. The number of methoxy groups -OCH3 is 1. The van der Waals surface area contributed by atoms with Crippen molar-refractivity contribution in [3.05, 3.63) is 11.6 Å². The van der Waals surface area contributed by atoms with E-state index in [0.717, 1.165) is 30.5 Å². The molecule has 0 aromatic heterocycles. The number of aliphatic hydroxyl groups excluding tert-OH is 2. The molecule has 0 spiro atoms. The molecule has 4 aliphatic rings. The van der Waals surface area contributed by atoms with Crippen LogP contribution >= 0.6 is 0 Å². The van der Waals surface area contributed by atoms with Gasteiger partial charge in [0.15, 0.2) is 5.78 Å². The molecule has 3 fully saturated rings. The molecule has 7 unspecified atom stereocenters. The molecule has 4 rings (SSSR count). The van der Waals surface area contributed by atoms with Crippen LogP contribution in [-0.2, 0) is 14.4 Å². The molecule has 0 saturated heterocycles. The van der Waals surface area contributed by atoms with Gasteiger partial charge in [0.25, 0.3) is 0 Å². The van der Waals surface area contributed by atoms with Gasteiger partial charge in [0, 0.05) is 23.9 Å². The van der Waals surface area contributed by atoms with E-state index in [1.165, 1.54) is 0 Å². The Bertz CT molecular complexity index is 840. The second kappa shape index (κ2) is 7.90. The van der Waals surface area contributed by atoms with E-state index in [4.69, 9.17) is 9.57 Å². The smallest absolute Gasteiger partial charge is 0.162 e. The predicted molar refractivity (Wildman–Crippen MR) is 120 cm³/mol. The summed E-state index contributed by atoms with van der Waals surface area (Å²) in [5, 5.41) is 37.4. The molecule has 3 N–H and O–H groups in total. The summed E-state index contributed by atoms with van der Waals surface area (Å²) in [5.41, 5.74) is -1.08. The van der Waals surface area contributed by atoms with Gasteiger partial charge in [-0.1, -0.05) is 25.9 Å². The lowest BCUT2D eigenvalue weighted by Crippen LogP contribution is -2.64. The lowest BCUT2D eigenvalue weighted by atomic mass is 9.41. The van der Waals surface area contributed by atoms with E-state index in [9.17, 15) is 20.1 Å². The first-order valence-corrected chi connectivity index (χ1v) is 11.9. The van der Waals surface area contributed by atoms with E-state index in [0.29, 0.717) is 26.1 Å². The second-order valence-electron chi connectivity index (χ2n) is 11.3. The van der Waals surface area contributed by atoms with Crippen LogP contribution in [-0.4, -0.2) is 64.9 Å². The SMILES string of the molecule is COCCO/N=C(/C)C1CC[C@@]2(O)C3=CC(=O)C4(C)CC(O)C(O)CC4(C)C3CCC12C. The molecule has 0 aromatic rings.